The second-order valence-electron chi connectivity index (χ2n) is 8.54. The van der Waals surface area contributed by atoms with E-state index in [2.05, 4.69) is 30.4 Å². The van der Waals surface area contributed by atoms with E-state index >= 15 is 0 Å². The number of likely N-dealkylation sites (tertiary alicyclic amines) is 1. The Bertz CT molecular complexity index is 528. The number of carbonyl (C=O) groups is 1. The van der Waals surface area contributed by atoms with Crippen LogP contribution in [-0.4, -0.2) is 86.3 Å². The van der Waals surface area contributed by atoms with Gasteiger partial charge < -0.3 is 14.4 Å². The molecule has 2 fully saturated rings. The maximum atomic E-state index is 11.1. The normalized spacial score (nSPS) is 21.8. The molecule has 0 aromatic heterocycles. The summed E-state index contributed by atoms with van der Waals surface area (Å²) in [5.41, 5.74) is -0.0250. The Labute approximate surface area is 152 Å². The fourth-order valence-corrected chi connectivity index (χ4v) is 3.88. The van der Waals surface area contributed by atoms with Crippen molar-refractivity contribution in [3.8, 4) is 0 Å². The van der Waals surface area contributed by atoms with Crippen molar-refractivity contribution in [2.75, 3.05) is 44.8 Å². The summed E-state index contributed by atoms with van der Waals surface area (Å²) in [5.74, 6) is 0.647. The lowest BCUT2D eigenvalue weighted by Crippen LogP contribution is -2.56. The van der Waals surface area contributed by atoms with Gasteiger partial charge in [0.05, 0.1) is 43.4 Å². The van der Waals surface area contributed by atoms with Crippen LogP contribution in [-0.2, 0) is 19.3 Å². The van der Waals surface area contributed by atoms with Gasteiger partial charge in [0.1, 0.15) is 0 Å². The number of amides is 1. The van der Waals surface area contributed by atoms with E-state index in [1.54, 1.807) is 4.90 Å². The molecule has 0 aromatic rings. The summed E-state index contributed by atoms with van der Waals surface area (Å²) in [6, 6.07) is 0. The third-order valence-electron chi connectivity index (χ3n) is 4.09. The molecule has 2 rings (SSSR count). The molecule has 2 aliphatic rings. The summed E-state index contributed by atoms with van der Waals surface area (Å²) in [6.45, 7) is 15.0. The first-order chi connectivity index (χ1) is 11.2. The zero-order valence-corrected chi connectivity index (χ0v) is 17.5. The summed E-state index contributed by atoms with van der Waals surface area (Å²) in [4.78, 5) is 14.8. The molecule has 0 bridgehead atoms. The van der Waals surface area contributed by atoms with Crippen molar-refractivity contribution in [2.24, 2.45) is 0 Å². The summed E-state index contributed by atoms with van der Waals surface area (Å²) in [7, 11) is -1.33. The zero-order chi connectivity index (χ0) is 19.5. The van der Waals surface area contributed by atoms with Gasteiger partial charge in [-0.15, -0.1) is 0 Å². The monoisotopic (exact) mass is 378 g/mol. The Morgan fingerprint density at radius 1 is 1.00 bits per heavy atom. The number of hydrogen-bond acceptors (Lipinski definition) is 6. The number of nitrogens with zero attached hydrogens (tertiary/aromatic N) is 2. The molecule has 0 saturated carbocycles. The van der Waals surface area contributed by atoms with Crippen LogP contribution in [0.25, 0.3) is 0 Å². The van der Waals surface area contributed by atoms with E-state index in [9.17, 15) is 13.2 Å². The number of rotatable bonds is 1. The molecule has 148 valence electrons. The molecule has 0 spiro atoms. The minimum atomic E-state index is -2.72. The third kappa shape index (κ3) is 7.92. The van der Waals surface area contributed by atoms with Gasteiger partial charge in [-0.05, 0) is 41.5 Å². The van der Waals surface area contributed by atoms with Crippen molar-refractivity contribution in [1.29, 1.82) is 0 Å². The summed E-state index contributed by atoms with van der Waals surface area (Å²) in [5, 5.41) is 0. The van der Waals surface area contributed by atoms with Gasteiger partial charge in [0.2, 0.25) is 0 Å². The van der Waals surface area contributed by atoms with E-state index < -0.39 is 9.84 Å². The highest BCUT2D eigenvalue weighted by Crippen LogP contribution is 2.19. The molecule has 0 aromatic carbocycles. The molecule has 2 aliphatic heterocycles. The molecule has 2 saturated heterocycles. The van der Waals surface area contributed by atoms with E-state index in [1.807, 2.05) is 20.8 Å². The van der Waals surface area contributed by atoms with Crippen molar-refractivity contribution in [2.45, 2.75) is 58.8 Å². The van der Waals surface area contributed by atoms with Crippen LogP contribution in [0.3, 0.4) is 0 Å². The molecule has 0 radical (unpaired) electrons. The molecule has 0 unspecified atom stereocenters. The highest BCUT2D eigenvalue weighted by atomic mass is 32.2. The van der Waals surface area contributed by atoms with Gasteiger partial charge in [-0.2, -0.15) is 0 Å². The van der Waals surface area contributed by atoms with Gasteiger partial charge in [0.15, 0.2) is 9.84 Å². The lowest BCUT2D eigenvalue weighted by molar-refractivity contribution is -0.116. The SMILES string of the molecule is CC(C)(C)N1CCS(=O)(=O)CC1.COC(=O)N1CC(OC(C)(C)C)C1. The first kappa shape index (κ1) is 22.2. The molecular weight excluding hydrogens is 344 g/mol. The lowest BCUT2D eigenvalue weighted by Gasteiger charge is -2.40. The molecule has 0 atom stereocenters. The molecular formula is C17H34N2O5S. The van der Waals surface area contributed by atoms with Gasteiger partial charge in [-0.3, -0.25) is 4.90 Å². The van der Waals surface area contributed by atoms with Crippen molar-refractivity contribution in [3.05, 3.63) is 0 Å². The van der Waals surface area contributed by atoms with Gasteiger partial charge in [-0.1, -0.05) is 0 Å². The number of hydrogen-bond donors (Lipinski definition) is 0. The Balaban J connectivity index is 0.000000251. The van der Waals surface area contributed by atoms with Crippen LogP contribution in [0.4, 0.5) is 4.79 Å². The van der Waals surface area contributed by atoms with E-state index in [0.717, 1.165) is 0 Å². The smallest absolute Gasteiger partial charge is 0.409 e. The van der Waals surface area contributed by atoms with Gasteiger partial charge in [-0.25, -0.2) is 13.2 Å². The third-order valence-corrected chi connectivity index (χ3v) is 5.70. The summed E-state index contributed by atoms with van der Waals surface area (Å²) < 4.78 is 32.4. The van der Waals surface area contributed by atoms with Crippen molar-refractivity contribution in [3.63, 3.8) is 0 Å². The lowest BCUT2D eigenvalue weighted by atomic mass is 10.1. The van der Waals surface area contributed by atoms with Gasteiger partial charge in [0.25, 0.3) is 0 Å². The summed E-state index contributed by atoms with van der Waals surface area (Å²) in [6.07, 6.45) is -0.104. The first-order valence-electron chi connectivity index (χ1n) is 8.70. The molecule has 1 amide bonds. The Hall–Kier alpha value is -0.860. The Morgan fingerprint density at radius 3 is 1.84 bits per heavy atom. The van der Waals surface area contributed by atoms with Crippen molar-refractivity contribution < 1.29 is 22.7 Å². The van der Waals surface area contributed by atoms with Crippen LogP contribution in [0.2, 0.25) is 0 Å². The van der Waals surface area contributed by atoms with Crippen LogP contribution in [0, 0.1) is 0 Å². The second-order valence-corrected chi connectivity index (χ2v) is 10.8. The molecule has 8 heteroatoms. The molecule has 0 aliphatic carbocycles. The van der Waals surface area contributed by atoms with Crippen molar-refractivity contribution >= 4 is 15.9 Å². The molecule has 7 nitrogen and oxygen atoms in total. The van der Waals surface area contributed by atoms with E-state index in [0.29, 0.717) is 37.7 Å². The van der Waals surface area contributed by atoms with Crippen molar-refractivity contribution in [1.82, 2.24) is 9.80 Å². The van der Waals surface area contributed by atoms with E-state index in [4.69, 9.17) is 4.74 Å². The molecule has 25 heavy (non-hydrogen) atoms. The highest BCUT2D eigenvalue weighted by Gasteiger charge is 2.34. The first-order valence-corrected chi connectivity index (χ1v) is 10.5. The minimum absolute atomic E-state index is 0.107. The predicted octanol–water partition coefficient (Wildman–Crippen LogP) is 1.77. The Morgan fingerprint density at radius 2 is 1.48 bits per heavy atom. The zero-order valence-electron chi connectivity index (χ0n) is 16.7. The average Bonchev–Trinajstić information content (AvgIpc) is 2.39. The number of sulfone groups is 1. The topological polar surface area (TPSA) is 76.2 Å². The minimum Gasteiger partial charge on any atom is -0.453 e. The second kappa shape index (κ2) is 8.22. The average molecular weight is 379 g/mol. The number of ether oxygens (including phenoxy) is 2. The Kier molecular flexibility index (Phi) is 7.30. The standard InChI is InChI=1S/C9H17NO3.C8H17NO2S/c1-9(2,3)13-7-5-10(6-7)8(11)12-4;1-8(2,3)9-4-6-12(10,11)7-5-9/h7H,5-6H2,1-4H3;4-7H2,1-3H3. The fourth-order valence-electron chi connectivity index (χ4n) is 2.67. The van der Waals surface area contributed by atoms with Crippen LogP contribution >= 0.6 is 0 Å². The van der Waals surface area contributed by atoms with E-state index in [1.165, 1.54) is 7.11 Å². The van der Waals surface area contributed by atoms with Crippen LogP contribution in [0.1, 0.15) is 41.5 Å². The number of methoxy groups -OCH3 is 1. The molecule has 2 heterocycles. The van der Waals surface area contributed by atoms with E-state index in [-0.39, 0.29) is 23.3 Å². The largest absolute Gasteiger partial charge is 0.453 e. The van der Waals surface area contributed by atoms with Crippen LogP contribution < -0.4 is 0 Å². The predicted molar refractivity (Wildman–Crippen MR) is 98.6 cm³/mol. The number of carbonyl (C=O) groups excluding carboxylic acids is 1. The quantitative estimate of drug-likeness (QED) is 0.692. The maximum absolute atomic E-state index is 11.1. The maximum Gasteiger partial charge on any atom is 0.409 e. The molecule has 0 N–H and O–H groups in total. The van der Waals surface area contributed by atoms with Crippen LogP contribution in [0.15, 0.2) is 0 Å². The van der Waals surface area contributed by atoms with Crippen LogP contribution in [0.5, 0.6) is 0 Å². The van der Waals surface area contributed by atoms with Gasteiger partial charge >= 0.3 is 6.09 Å². The van der Waals surface area contributed by atoms with Gasteiger partial charge in [0, 0.05) is 18.6 Å². The fraction of sp³-hybridized carbons (Fsp3) is 0.941. The highest BCUT2D eigenvalue weighted by molar-refractivity contribution is 7.91. The summed E-state index contributed by atoms with van der Waals surface area (Å²) >= 11 is 0.